The number of nitrogens with zero attached hydrogens (tertiary/aromatic N) is 1. The Morgan fingerprint density at radius 3 is 2.73 bits per heavy atom. The van der Waals surface area contributed by atoms with Crippen molar-refractivity contribution in [2.24, 2.45) is 0 Å². The van der Waals surface area contributed by atoms with Crippen LogP contribution in [0.4, 0.5) is 10.1 Å². The van der Waals surface area contributed by atoms with Gasteiger partial charge >= 0.3 is 0 Å². The maximum absolute atomic E-state index is 13.8. The zero-order valence-electron chi connectivity index (χ0n) is 16.7. The van der Waals surface area contributed by atoms with Crippen LogP contribution in [-0.2, 0) is 9.59 Å². The molecule has 0 saturated carbocycles. The summed E-state index contributed by atoms with van der Waals surface area (Å²) in [5, 5.41) is 2.90. The van der Waals surface area contributed by atoms with Gasteiger partial charge in [-0.15, -0.1) is 0 Å². The van der Waals surface area contributed by atoms with Gasteiger partial charge in [0.1, 0.15) is 10.1 Å². The van der Waals surface area contributed by atoms with E-state index in [0.29, 0.717) is 27.8 Å². The van der Waals surface area contributed by atoms with Crippen LogP contribution in [0, 0.1) is 12.7 Å². The fourth-order valence-corrected chi connectivity index (χ4v) is 4.40. The number of benzene rings is 2. The van der Waals surface area contributed by atoms with Gasteiger partial charge in [0.15, 0.2) is 0 Å². The molecule has 1 heterocycles. The van der Waals surface area contributed by atoms with Crippen LogP contribution in [0.3, 0.4) is 0 Å². The molecule has 0 radical (unpaired) electrons. The zero-order valence-corrected chi connectivity index (χ0v) is 18.3. The van der Waals surface area contributed by atoms with Gasteiger partial charge in [-0.2, -0.15) is 0 Å². The first-order chi connectivity index (χ1) is 14.4. The predicted molar refractivity (Wildman–Crippen MR) is 125 cm³/mol. The van der Waals surface area contributed by atoms with E-state index in [1.54, 1.807) is 29.2 Å². The van der Waals surface area contributed by atoms with Gasteiger partial charge in [-0.25, -0.2) is 4.39 Å². The van der Waals surface area contributed by atoms with Gasteiger partial charge in [0, 0.05) is 24.2 Å². The maximum Gasteiger partial charge on any atom is 0.266 e. The molecule has 4 nitrogen and oxygen atoms in total. The van der Waals surface area contributed by atoms with Crippen LogP contribution >= 0.6 is 24.0 Å². The van der Waals surface area contributed by atoms with Crippen LogP contribution in [0.15, 0.2) is 53.4 Å². The summed E-state index contributed by atoms with van der Waals surface area (Å²) in [6, 6.07) is 14.0. The Morgan fingerprint density at radius 1 is 1.17 bits per heavy atom. The molecule has 1 aliphatic heterocycles. The summed E-state index contributed by atoms with van der Waals surface area (Å²) >= 11 is 6.51. The molecular weight excluding hydrogens is 419 g/mol. The van der Waals surface area contributed by atoms with Crippen LogP contribution in [0.1, 0.15) is 36.8 Å². The number of thioether (sulfide) groups is 1. The van der Waals surface area contributed by atoms with Gasteiger partial charge in [-0.05, 0) is 49.6 Å². The zero-order chi connectivity index (χ0) is 21.5. The van der Waals surface area contributed by atoms with E-state index in [9.17, 15) is 14.0 Å². The molecule has 0 unspecified atom stereocenters. The van der Waals surface area contributed by atoms with Crippen LogP contribution < -0.4 is 5.32 Å². The highest BCUT2D eigenvalue weighted by molar-refractivity contribution is 8.26. The second kappa shape index (κ2) is 10.5. The molecular formula is C23H23FN2O2S2. The van der Waals surface area contributed by atoms with Crippen molar-refractivity contribution < 1.29 is 14.0 Å². The fourth-order valence-electron chi connectivity index (χ4n) is 3.10. The number of unbranched alkanes of at least 4 members (excludes halogenated alkanes) is 2. The van der Waals surface area contributed by atoms with Crippen LogP contribution in [0.2, 0.25) is 0 Å². The normalized spacial score (nSPS) is 15.1. The topological polar surface area (TPSA) is 49.4 Å². The second-order valence-electron chi connectivity index (χ2n) is 7.08. The molecule has 156 valence electrons. The SMILES string of the molecule is Cc1cccc(NC(=O)CCCCCN2C(=O)/C(=C/c3ccccc3F)SC2=S)c1. The molecule has 1 aliphatic rings. The number of hydrogen-bond donors (Lipinski definition) is 1. The Kier molecular flexibility index (Phi) is 7.76. The van der Waals surface area contributed by atoms with Crippen LogP contribution in [-0.4, -0.2) is 27.6 Å². The van der Waals surface area contributed by atoms with E-state index in [1.165, 1.54) is 17.8 Å². The fraction of sp³-hybridized carbons (Fsp3) is 0.261. The maximum atomic E-state index is 13.8. The number of aryl methyl sites for hydroxylation is 1. The van der Waals surface area contributed by atoms with Crippen molar-refractivity contribution in [1.82, 2.24) is 4.90 Å². The highest BCUT2D eigenvalue weighted by Crippen LogP contribution is 2.33. The van der Waals surface area contributed by atoms with Crippen molar-refractivity contribution in [2.45, 2.75) is 32.6 Å². The first kappa shape index (κ1) is 22.2. The van der Waals surface area contributed by atoms with E-state index in [0.717, 1.165) is 30.5 Å². The number of halogens is 1. The minimum absolute atomic E-state index is 0.0148. The number of hydrogen-bond acceptors (Lipinski definition) is 4. The van der Waals surface area contributed by atoms with E-state index in [1.807, 2.05) is 31.2 Å². The number of rotatable bonds is 8. The number of thiocarbonyl (C=S) groups is 1. The molecule has 30 heavy (non-hydrogen) atoms. The van der Waals surface area contributed by atoms with Gasteiger partial charge in [0.05, 0.1) is 4.91 Å². The number of carbonyl (C=O) groups is 2. The Hall–Kier alpha value is -2.51. The molecule has 1 fully saturated rings. The van der Waals surface area contributed by atoms with Crippen molar-refractivity contribution >= 4 is 51.9 Å². The van der Waals surface area contributed by atoms with Crippen LogP contribution in [0.25, 0.3) is 6.08 Å². The molecule has 0 aliphatic carbocycles. The van der Waals surface area contributed by atoms with E-state index in [2.05, 4.69) is 5.32 Å². The van der Waals surface area contributed by atoms with Gasteiger partial charge in [-0.1, -0.05) is 60.7 Å². The summed E-state index contributed by atoms with van der Waals surface area (Å²) < 4.78 is 14.3. The Balaban J connectivity index is 1.42. The van der Waals surface area contributed by atoms with E-state index in [-0.39, 0.29) is 17.6 Å². The Morgan fingerprint density at radius 2 is 1.97 bits per heavy atom. The molecule has 0 spiro atoms. The molecule has 0 aromatic heterocycles. The summed E-state index contributed by atoms with van der Waals surface area (Å²) in [5.74, 6) is -0.573. The quantitative estimate of drug-likeness (QED) is 0.332. The highest BCUT2D eigenvalue weighted by atomic mass is 32.2. The van der Waals surface area contributed by atoms with Crippen molar-refractivity contribution in [3.63, 3.8) is 0 Å². The molecule has 0 atom stereocenters. The largest absolute Gasteiger partial charge is 0.326 e. The molecule has 1 N–H and O–H groups in total. The minimum Gasteiger partial charge on any atom is -0.326 e. The van der Waals surface area contributed by atoms with Gasteiger partial charge in [0.25, 0.3) is 5.91 Å². The molecule has 2 aromatic carbocycles. The van der Waals surface area contributed by atoms with Crippen molar-refractivity contribution in [2.75, 3.05) is 11.9 Å². The predicted octanol–water partition coefficient (Wildman–Crippen LogP) is 5.53. The summed E-state index contributed by atoms with van der Waals surface area (Å²) in [6.45, 7) is 2.48. The molecule has 2 amide bonds. The highest BCUT2D eigenvalue weighted by Gasteiger charge is 2.31. The van der Waals surface area contributed by atoms with E-state index < -0.39 is 0 Å². The van der Waals surface area contributed by atoms with Gasteiger partial charge < -0.3 is 5.32 Å². The van der Waals surface area contributed by atoms with Crippen molar-refractivity contribution in [3.05, 3.63) is 70.4 Å². The summed E-state index contributed by atoms with van der Waals surface area (Å²) in [6.07, 6.45) is 4.27. The lowest BCUT2D eigenvalue weighted by Crippen LogP contribution is -2.29. The van der Waals surface area contributed by atoms with Crippen molar-refractivity contribution in [1.29, 1.82) is 0 Å². The Labute approximate surface area is 185 Å². The molecule has 1 saturated heterocycles. The Bertz CT molecular complexity index is 991. The third kappa shape index (κ3) is 6.00. The number of nitrogens with one attached hydrogen (secondary N) is 1. The summed E-state index contributed by atoms with van der Waals surface area (Å²) in [7, 11) is 0. The van der Waals surface area contributed by atoms with Gasteiger partial charge in [0.2, 0.25) is 5.91 Å². The minimum atomic E-state index is -0.369. The van der Waals surface area contributed by atoms with Crippen molar-refractivity contribution in [3.8, 4) is 0 Å². The summed E-state index contributed by atoms with van der Waals surface area (Å²) in [4.78, 5) is 26.6. The third-order valence-corrected chi connectivity index (χ3v) is 6.03. The number of carbonyl (C=O) groups excluding carboxylic acids is 2. The van der Waals surface area contributed by atoms with E-state index in [4.69, 9.17) is 12.2 Å². The first-order valence-electron chi connectivity index (χ1n) is 9.80. The van der Waals surface area contributed by atoms with Gasteiger partial charge in [-0.3, -0.25) is 14.5 Å². The monoisotopic (exact) mass is 442 g/mol. The first-order valence-corrected chi connectivity index (χ1v) is 11.0. The average Bonchev–Trinajstić information content (AvgIpc) is 2.96. The molecule has 7 heteroatoms. The lowest BCUT2D eigenvalue weighted by atomic mass is 10.1. The number of amides is 2. The van der Waals surface area contributed by atoms with Crippen LogP contribution in [0.5, 0.6) is 0 Å². The smallest absolute Gasteiger partial charge is 0.266 e. The molecule has 0 bridgehead atoms. The summed E-state index contributed by atoms with van der Waals surface area (Å²) in [5.41, 5.74) is 2.28. The molecule has 3 rings (SSSR count). The number of anilines is 1. The molecule has 2 aromatic rings. The lowest BCUT2D eigenvalue weighted by molar-refractivity contribution is -0.122. The standard InChI is InChI=1S/C23H23FN2O2S2/c1-16-8-7-10-18(14-16)25-21(27)12-3-2-6-13-26-22(28)20(30-23(26)29)15-17-9-4-5-11-19(17)24/h4-5,7-11,14-15H,2-3,6,12-13H2,1H3,(H,25,27)/b20-15-. The van der Waals surface area contributed by atoms with E-state index >= 15 is 0 Å². The third-order valence-electron chi connectivity index (χ3n) is 4.65. The second-order valence-corrected chi connectivity index (χ2v) is 8.76. The average molecular weight is 443 g/mol. The lowest BCUT2D eigenvalue weighted by Gasteiger charge is -2.14.